The van der Waals surface area contributed by atoms with Gasteiger partial charge in [-0.25, -0.2) is 5.10 Å². The van der Waals surface area contributed by atoms with E-state index in [0.717, 1.165) is 5.56 Å². The molecule has 6 nitrogen and oxygen atoms in total. The molecule has 1 amide bonds. The molecule has 3 aromatic rings. The largest absolute Gasteiger partial charge is 0.496 e. The van der Waals surface area contributed by atoms with Gasteiger partial charge in [0.15, 0.2) is 5.69 Å². The van der Waals surface area contributed by atoms with Gasteiger partial charge in [-0.05, 0) is 19.1 Å². The number of para-hydroxylation sites is 1. The third kappa shape index (κ3) is 2.98. The molecule has 128 valence electrons. The van der Waals surface area contributed by atoms with Crippen molar-refractivity contribution in [2.75, 3.05) is 14.2 Å². The molecule has 0 fully saturated rings. The molecule has 1 atom stereocenters. The first-order valence-electron chi connectivity index (χ1n) is 7.92. The van der Waals surface area contributed by atoms with Crippen LogP contribution in [0.25, 0.3) is 10.8 Å². The standard InChI is InChI=1S/C19H19N3O3/c1-12(13-8-6-7-11-16(13)25-3)22(2)19(24)17-14-9-4-5-10-15(14)18(23)21-20-17/h4-12H,1-3H3,(H,21,23). The quantitative estimate of drug-likeness (QED) is 0.794. The summed E-state index contributed by atoms with van der Waals surface area (Å²) in [6.07, 6.45) is 0. The van der Waals surface area contributed by atoms with E-state index < -0.39 is 0 Å². The van der Waals surface area contributed by atoms with Crippen LogP contribution in [0.1, 0.15) is 29.0 Å². The Hall–Kier alpha value is -3.15. The number of ether oxygens (including phenoxy) is 1. The van der Waals surface area contributed by atoms with Crippen molar-refractivity contribution < 1.29 is 9.53 Å². The Morgan fingerprint density at radius 3 is 2.48 bits per heavy atom. The summed E-state index contributed by atoms with van der Waals surface area (Å²) in [5.74, 6) is 0.444. The molecule has 1 heterocycles. The van der Waals surface area contributed by atoms with Crippen LogP contribution in [0.3, 0.4) is 0 Å². The van der Waals surface area contributed by atoms with Crippen LogP contribution < -0.4 is 10.3 Å². The normalized spacial score (nSPS) is 12.0. The molecule has 25 heavy (non-hydrogen) atoms. The van der Waals surface area contributed by atoms with Crippen molar-refractivity contribution in [2.45, 2.75) is 13.0 Å². The number of nitrogens with one attached hydrogen (secondary N) is 1. The Balaban J connectivity index is 2.01. The lowest BCUT2D eigenvalue weighted by Crippen LogP contribution is -2.31. The Labute approximate surface area is 145 Å². The van der Waals surface area contributed by atoms with E-state index in [0.29, 0.717) is 16.5 Å². The Morgan fingerprint density at radius 2 is 1.76 bits per heavy atom. The van der Waals surface area contributed by atoms with Gasteiger partial charge in [-0.3, -0.25) is 9.59 Å². The van der Waals surface area contributed by atoms with E-state index in [1.807, 2.05) is 31.2 Å². The topological polar surface area (TPSA) is 75.3 Å². The van der Waals surface area contributed by atoms with E-state index in [1.165, 1.54) is 0 Å². The summed E-state index contributed by atoms with van der Waals surface area (Å²) in [6, 6.07) is 14.3. The van der Waals surface area contributed by atoms with E-state index in [4.69, 9.17) is 4.74 Å². The number of nitrogens with zero attached hydrogens (tertiary/aromatic N) is 2. The average Bonchev–Trinajstić information content (AvgIpc) is 2.66. The van der Waals surface area contributed by atoms with Gasteiger partial charge in [0.05, 0.1) is 18.5 Å². The lowest BCUT2D eigenvalue weighted by Gasteiger charge is -2.26. The highest BCUT2D eigenvalue weighted by Gasteiger charge is 2.24. The van der Waals surface area contributed by atoms with E-state index in [2.05, 4.69) is 10.2 Å². The van der Waals surface area contributed by atoms with Gasteiger partial charge < -0.3 is 9.64 Å². The molecule has 0 spiro atoms. The second kappa shape index (κ2) is 6.76. The molecule has 6 heteroatoms. The molecular formula is C19H19N3O3. The zero-order valence-corrected chi connectivity index (χ0v) is 14.3. The molecule has 1 N–H and O–H groups in total. The first-order chi connectivity index (χ1) is 12.0. The van der Waals surface area contributed by atoms with Crippen LogP contribution in [0, 0.1) is 0 Å². The minimum Gasteiger partial charge on any atom is -0.496 e. The minimum atomic E-state index is -0.312. The number of H-pyrrole nitrogens is 1. The van der Waals surface area contributed by atoms with Crippen molar-refractivity contribution in [2.24, 2.45) is 0 Å². The van der Waals surface area contributed by atoms with Crippen LogP contribution in [0.2, 0.25) is 0 Å². The molecule has 0 aliphatic heterocycles. The summed E-state index contributed by atoms with van der Waals surface area (Å²) in [5.41, 5.74) is 0.807. The smallest absolute Gasteiger partial charge is 0.275 e. The Morgan fingerprint density at radius 1 is 1.12 bits per heavy atom. The zero-order valence-electron chi connectivity index (χ0n) is 14.3. The fraction of sp³-hybridized carbons (Fsp3) is 0.211. The second-order valence-electron chi connectivity index (χ2n) is 5.78. The molecule has 0 aliphatic rings. The van der Waals surface area contributed by atoms with Crippen molar-refractivity contribution in [1.82, 2.24) is 15.1 Å². The predicted molar refractivity (Wildman–Crippen MR) is 95.9 cm³/mol. The van der Waals surface area contributed by atoms with E-state index >= 15 is 0 Å². The van der Waals surface area contributed by atoms with Crippen LogP contribution >= 0.6 is 0 Å². The number of carbonyl (C=O) groups excluding carboxylic acids is 1. The van der Waals surface area contributed by atoms with Crippen molar-refractivity contribution in [3.8, 4) is 5.75 Å². The molecular weight excluding hydrogens is 318 g/mol. The highest BCUT2D eigenvalue weighted by molar-refractivity contribution is 6.04. The third-order valence-corrected chi connectivity index (χ3v) is 4.39. The van der Waals surface area contributed by atoms with E-state index in [1.54, 1.807) is 43.3 Å². The summed E-state index contributed by atoms with van der Waals surface area (Å²) in [4.78, 5) is 26.5. The highest BCUT2D eigenvalue weighted by Crippen LogP contribution is 2.29. The molecule has 0 aliphatic carbocycles. The van der Waals surface area contributed by atoms with E-state index in [-0.39, 0.29) is 23.2 Å². The van der Waals surface area contributed by atoms with Gasteiger partial charge in [0.1, 0.15) is 5.75 Å². The van der Waals surface area contributed by atoms with Crippen molar-refractivity contribution >= 4 is 16.7 Å². The fourth-order valence-corrected chi connectivity index (χ4v) is 2.84. The van der Waals surface area contributed by atoms with Gasteiger partial charge >= 0.3 is 0 Å². The molecule has 0 saturated heterocycles. The lowest BCUT2D eigenvalue weighted by molar-refractivity contribution is 0.0736. The summed E-state index contributed by atoms with van der Waals surface area (Å²) < 4.78 is 5.39. The number of hydrogen-bond donors (Lipinski definition) is 1. The first-order valence-corrected chi connectivity index (χ1v) is 7.92. The van der Waals surface area contributed by atoms with Crippen LogP contribution in [0.4, 0.5) is 0 Å². The minimum absolute atomic E-state index is 0.222. The van der Waals surface area contributed by atoms with Crippen LogP contribution in [0.5, 0.6) is 5.75 Å². The highest BCUT2D eigenvalue weighted by atomic mass is 16.5. The molecule has 2 aromatic carbocycles. The van der Waals surface area contributed by atoms with E-state index in [9.17, 15) is 9.59 Å². The fourth-order valence-electron chi connectivity index (χ4n) is 2.84. The number of amides is 1. The number of aromatic nitrogens is 2. The molecule has 3 rings (SSSR count). The molecule has 0 radical (unpaired) electrons. The number of fused-ring (bicyclic) bond motifs is 1. The number of methoxy groups -OCH3 is 1. The summed E-state index contributed by atoms with van der Waals surface area (Å²) in [5, 5.41) is 7.37. The van der Waals surface area contributed by atoms with Gasteiger partial charge in [-0.1, -0.05) is 36.4 Å². The maximum Gasteiger partial charge on any atom is 0.275 e. The lowest BCUT2D eigenvalue weighted by atomic mass is 10.0. The van der Waals surface area contributed by atoms with Gasteiger partial charge in [-0.2, -0.15) is 5.10 Å². The molecule has 1 aromatic heterocycles. The summed E-state index contributed by atoms with van der Waals surface area (Å²) in [7, 11) is 3.31. The van der Waals surface area contributed by atoms with Gasteiger partial charge in [0, 0.05) is 18.0 Å². The Kier molecular flexibility index (Phi) is 4.52. The molecule has 0 bridgehead atoms. The van der Waals surface area contributed by atoms with Gasteiger partial charge in [0.25, 0.3) is 11.5 Å². The third-order valence-electron chi connectivity index (χ3n) is 4.39. The second-order valence-corrected chi connectivity index (χ2v) is 5.78. The van der Waals surface area contributed by atoms with Crippen molar-refractivity contribution in [3.05, 3.63) is 70.1 Å². The van der Waals surface area contributed by atoms with Crippen LogP contribution in [-0.2, 0) is 0 Å². The number of aromatic amines is 1. The summed E-state index contributed by atoms with van der Waals surface area (Å²) in [6.45, 7) is 1.92. The maximum absolute atomic E-state index is 13.0. The SMILES string of the molecule is COc1ccccc1C(C)N(C)C(=O)c1n[nH]c(=O)c2ccccc12. The predicted octanol–water partition coefficient (Wildman–Crippen LogP) is 2.76. The number of carbonyl (C=O) groups is 1. The summed E-state index contributed by atoms with van der Waals surface area (Å²) >= 11 is 0. The van der Waals surface area contributed by atoms with Crippen LogP contribution in [0.15, 0.2) is 53.3 Å². The monoisotopic (exact) mass is 337 g/mol. The average molecular weight is 337 g/mol. The maximum atomic E-state index is 13.0. The van der Waals surface area contributed by atoms with Gasteiger partial charge in [0.2, 0.25) is 0 Å². The van der Waals surface area contributed by atoms with Crippen molar-refractivity contribution in [1.29, 1.82) is 0 Å². The molecule has 0 saturated carbocycles. The number of hydrogen-bond acceptors (Lipinski definition) is 4. The first kappa shape index (κ1) is 16.7. The molecule has 1 unspecified atom stereocenters. The number of benzene rings is 2. The Bertz CT molecular complexity index is 981. The number of rotatable bonds is 4. The zero-order chi connectivity index (χ0) is 18.0. The van der Waals surface area contributed by atoms with Crippen molar-refractivity contribution in [3.63, 3.8) is 0 Å². The van der Waals surface area contributed by atoms with Crippen LogP contribution in [-0.4, -0.2) is 35.2 Å². The van der Waals surface area contributed by atoms with Gasteiger partial charge in [-0.15, -0.1) is 0 Å².